The Kier molecular flexibility index (Phi) is 6.11. The fourth-order valence-electron chi connectivity index (χ4n) is 3.37. The lowest BCUT2D eigenvalue weighted by Gasteiger charge is -2.22. The number of carbonyl (C=O) groups excluding carboxylic acids is 2. The minimum absolute atomic E-state index is 0.128. The molecule has 27 heavy (non-hydrogen) atoms. The largest absolute Gasteiger partial charge is 0.484 e. The predicted octanol–water partition coefficient (Wildman–Crippen LogP) is 2.89. The smallest absolute Gasteiger partial charge is 0.336 e. The SMILES string of the molecule is CCc1cc(=O)oc2cc(OCC(=O)NC(=O)NC3CCCCC3)ccc12. The molecule has 7 heteroatoms. The summed E-state index contributed by atoms with van der Waals surface area (Å²) in [6.45, 7) is 1.66. The van der Waals surface area contributed by atoms with Gasteiger partial charge < -0.3 is 14.5 Å². The van der Waals surface area contributed by atoms with Crippen LogP contribution in [0.2, 0.25) is 0 Å². The summed E-state index contributed by atoms with van der Waals surface area (Å²) in [4.78, 5) is 35.4. The average molecular weight is 372 g/mol. The molecule has 0 aliphatic heterocycles. The third-order valence-electron chi connectivity index (χ3n) is 4.75. The molecule has 1 heterocycles. The van der Waals surface area contributed by atoms with Gasteiger partial charge in [0.15, 0.2) is 6.61 Å². The molecule has 1 aromatic heterocycles. The van der Waals surface area contributed by atoms with Gasteiger partial charge in [0.25, 0.3) is 5.91 Å². The fourth-order valence-corrected chi connectivity index (χ4v) is 3.37. The van der Waals surface area contributed by atoms with Gasteiger partial charge in [0.05, 0.1) is 0 Å². The highest BCUT2D eigenvalue weighted by Crippen LogP contribution is 2.23. The number of rotatable bonds is 5. The van der Waals surface area contributed by atoms with Crippen LogP contribution in [0.15, 0.2) is 33.5 Å². The maximum Gasteiger partial charge on any atom is 0.336 e. The normalized spacial score (nSPS) is 14.7. The number of nitrogens with one attached hydrogen (secondary N) is 2. The summed E-state index contributed by atoms with van der Waals surface area (Å²) in [6.07, 6.45) is 5.99. The van der Waals surface area contributed by atoms with Crippen molar-refractivity contribution >= 4 is 22.9 Å². The number of ether oxygens (including phenoxy) is 1. The highest BCUT2D eigenvalue weighted by molar-refractivity contribution is 5.95. The highest BCUT2D eigenvalue weighted by Gasteiger charge is 2.17. The Balaban J connectivity index is 1.55. The first-order valence-electron chi connectivity index (χ1n) is 9.35. The summed E-state index contributed by atoms with van der Waals surface area (Å²) in [5.41, 5.74) is 0.880. The number of fused-ring (bicyclic) bond motifs is 1. The third kappa shape index (κ3) is 5.09. The van der Waals surface area contributed by atoms with Crippen molar-refractivity contribution in [1.29, 1.82) is 0 Å². The van der Waals surface area contributed by atoms with Crippen LogP contribution in [0.4, 0.5) is 4.79 Å². The molecule has 1 aliphatic carbocycles. The minimum Gasteiger partial charge on any atom is -0.484 e. The summed E-state index contributed by atoms with van der Waals surface area (Å²) < 4.78 is 10.6. The molecular formula is C20H24N2O5. The monoisotopic (exact) mass is 372 g/mol. The molecule has 3 rings (SSSR count). The Labute approximate surface area is 157 Å². The number of urea groups is 1. The summed E-state index contributed by atoms with van der Waals surface area (Å²) >= 11 is 0. The molecule has 1 aromatic carbocycles. The standard InChI is InChI=1S/C20H24N2O5/c1-2-13-10-19(24)27-17-11-15(8-9-16(13)17)26-12-18(23)22-20(25)21-14-6-4-3-5-7-14/h8-11,14H,2-7,12H2,1H3,(H2,21,22,23,25). The molecular weight excluding hydrogens is 348 g/mol. The van der Waals surface area contributed by atoms with Gasteiger partial charge in [-0.15, -0.1) is 0 Å². The second kappa shape index (κ2) is 8.70. The Morgan fingerprint density at radius 2 is 1.96 bits per heavy atom. The summed E-state index contributed by atoms with van der Waals surface area (Å²) in [5.74, 6) is -0.145. The Morgan fingerprint density at radius 1 is 1.19 bits per heavy atom. The maximum atomic E-state index is 11.9. The van der Waals surface area contributed by atoms with E-state index in [0.717, 1.165) is 36.6 Å². The van der Waals surface area contributed by atoms with E-state index in [0.29, 0.717) is 17.8 Å². The van der Waals surface area contributed by atoms with E-state index >= 15 is 0 Å². The van der Waals surface area contributed by atoms with E-state index in [2.05, 4.69) is 10.6 Å². The molecule has 0 unspecified atom stereocenters. The second-order valence-electron chi connectivity index (χ2n) is 6.75. The van der Waals surface area contributed by atoms with Crippen molar-refractivity contribution in [2.45, 2.75) is 51.5 Å². The molecule has 3 amide bonds. The lowest BCUT2D eigenvalue weighted by molar-refractivity contribution is -0.122. The van der Waals surface area contributed by atoms with Crippen molar-refractivity contribution in [3.63, 3.8) is 0 Å². The number of carbonyl (C=O) groups is 2. The van der Waals surface area contributed by atoms with Crippen molar-refractivity contribution in [2.75, 3.05) is 6.61 Å². The molecule has 0 radical (unpaired) electrons. The van der Waals surface area contributed by atoms with Crippen LogP contribution < -0.4 is 21.0 Å². The molecule has 0 saturated heterocycles. The van der Waals surface area contributed by atoms with Crippen molar-refractivity contribution in [3.8, 4) is 5.75 Å². The van der Waals surface area contributed by atoms with Crippen LogP contribution in [0, 0.1) is 0 Å². The number of imide groups is 1. The van der Waals surface area contributed by atoms with Crippen LogP contribution in [-0.2, 0) is 11.2 Å². The number of aryl methyl sites for hydroxylation is 1. The molecule has 2 aromatic rings. The van der Waals surface area contributed by atoms with Gasteiger partial charge >= 0.3 is 11.7 Å². The van der Waals surface area contributed by atoms with E-state index < -0.39 is 17.6 Å². The van der Waals surface area contributed by atoms with Crippen LogP contribution in [0.1, 0.15) is 44.6 Å². The van der Waals surface area contributed by atoms with E-state index in [-0.39, 0.29) is 12.6 Å². The summed E-state index contributed by atoms with van der Waals surface area (Å²) in [7, 11) is 0. The van der Waals surface area contributed by atoms with Crippen molar-refractivity contribution in [1.82, 2.24) is 10.6 Å². The average Bonchev–Trinajstić information content (AvgIpc) is 2.66. The van der Waals surface area contributed by atoms with Gasteiger partial charge in [-0.05, 0) is 37.0 Å². The highest BCUT2D eigenvalue weighted by atomic mass is 16.5. The van der Waals surface area contributed by atoms with Crippen LogP contribution >= 0.6 is 0 Å². The first-order chi connectivity index (χ1) is 13.0. The van der Waals surface area contributed by atoms with Gasteiger partial charge in [-0.3, -0.25) is 10.1 Å². The summed E-state index contributed by atoms with van der Waals surface area (Å²) in [5, 5.41) is 5.92. The zero-order chi connectivity index (χ0) is 19.2. The fraction of sp³-hybridized carbons (Fsp3) is 0.450. The van der Waals surface area contributed by atoms with E-state index in [1.54, 1.807) is 18.2 Å². The molecule has 1 saturated carbocycles. The number of amides is 3. The van der Waals surface area contributed by atoms with Crippen LogP contribution in [0.25, 0.3) is 11.0 Å². The van der Waals surface area contributed by atoms with Crippen LogP contribution in [0.3, 0.4) is 0 Å². The van der Waals surface area contributed by atoms with E-state index in [4.69, 9.17) is 9.15 Å². The Hall–Kier alpha value is -2.83. The number of benzene rings is 1. The van der Waals surface area contributed by atoms with Gasteiger partial charge in [0.2, 0.25) is 0 Å². The molecule has 2 N–H and O–H groups in total. The first-order valence-corrected chi connectivity index (χ1v) is 9.35. The predicted molar refractivity (Wildman–Crippen MR) is 101 cm³/mol. The molecule has 1 aliphatic rings. The lowest BCUT2D eigenvalue weighted by atomic mass is 9.96. The molecule has 0 spiro atoms. The quantitative estimate of drug-likeness (QED) is 0.787. The molecule has 0 bridgehead atoms. The molecule has 144 valence electrons. The molecule has 0 atom stereocenters. The van der Waals surface area contributed by atoms with Gasteiger partial charge in [-0.1, -0.05) is 26.2 Å². The lowest BCUT2D eigenvalue weighted by Crippen LogP contribution is -2.46. The van der Waals surface area contributed by atoms with Crippen molar-refractivity contribution in [3.05, 3.63) is 40.2 Å². The maximum absolute atomic E-state index is 11.9. The van der Waals surface area contributed by atoms with E-state index in [1.807, 2.05) is 6.92 Å². The van der Waals surface area contributed by atoms with E-state index in [9.17, 15) is 14.4 Å². The third-order valence-corrected chi connectivity index (χ3v) is 4.75. The minimum atomic E-state index is -0.535. The zero-order valence-electron chi connectivity index (χ0n) is 15.4. The van der Waals surface area contributed by atoms with Crippen molar-refractivity contribution in [2.24, 2.45) is 0 Å². The zero-order valence-corrected chi connectivity index (χ0v) is 15.4. The van der Waals surface area contributed by atoms with Crippen LogP contribution in [-0.4, -0.2) is 24.6 Å². The van der Waals surface area contributed by atoms with E-state index in [1.165, 1.54) is 12.5 Å². The van der Waals surface area contributed by atoms with Gasteiger partial charge in [0, 0.05) is 23.6 Å². The summed E-state index contributed by atoms with van der Waals surface area (Å²) in [6, 6.07) is 6.18. The first kappa shape index (κ1) is 18.9. The van der Waals surface area contributed by atoms with Gasteiger partial charge in [-0.25, -0.2) is 9.59 Å². The topological polar surface area (TPSA) is 97.6 Å². The van der Waals surface area contributed by atoms with Gasteiger partial charge in [-0.2, -0.15) is 0 Å². The number of hydrogen-bond acceptors (Lipinski definition) is 5. The van der Waals surface area contributed by atoms with Crippen LogP contribution in [0.5, 0.6) is 5.75 Å². The van der Waals surface area contributed by atoms with Crippen molar-refractivity contribution < 1.29 is 18.7 Å². The molecule has 1 fully saturated rings. The second-order valence-corrected chi connectivity index (χ2v) is 6.75. The van der Waals surface area contributed by atoms with Gasteiger partial charge in [0.1, 0.15) is 11.3 Å². The molecule has 7 nitrogen and oxygen atoms in total. The Bertz CT molecular complexity index is 884. The number of hydrogen-bond donors (Lipinski definition) is 2. The Morgan fingerprint density at radius 3 is 2.70 bits per heavy atom.